The van der Waals surface area contributed by atoms with Gasteiger partial charge in [-0.15, -0.1) is 0 Å². The van der Waals surface area contributed by atoms with E-state index in [1.807, 2.05) is 25.2 Å². The number of nitrogens with zero attached hydrogens (tertiary/aromatic N) is 1. The lowest BCUT2D eigenvalue weighted by molar-refractivity contribution is -0.125. The summed E-state index contributed by atoms with van der Waals surface area (Å²) in [6.07, 6.45) is -0.485. The number of carbonyl (C=O) groups is 1. The first-order chi connectivity index (χ1) is 8.67. The lowest BCUT2D eigenvalue weighted by atomic mass is 10.1. The van der Waals surface area contributed by atoms with Crippen LogP contribution in [0.5, 0.6) is 5.75 Å². The van der Waals surface area contributed by atoms with Gasteiger partial charge in [-0.25, -0.2) is 5.43 Å². The van der Waals surface area contributed by atoms with Crippen molar-refractivity contribution in [2.75, 3.05) is 18.6 Å². The van der Waals surface area contributed by atoms with E-state index in [1.54, 1.807) is 11.8 Å². The quantitative estimate of drug-likeness (QED) is 0.515. The molecule has 0 saturated heterocycles. The van der Waals surface area contributed by atoms with Crippen LogP contribution in [0.1, 0.15) is 12.5 Å². The molecule has 1 amide bonds. The number of hydrogen-bond acceptors (Lipinski definition) is 5. The summed E-state index contributed by atoms with van der Waals surface area (Å²) in [5.41, 5.74) is 4.36. The van der Waals surface area contributed by atoms with Crippen LogP contribution < -0.4 is 26.2 Å². The zero-order chi connectivity index (χ0) is 13.1. The van der Waals surface area contributed by atoms with E-state index in [0.717, 1.165) is 17.8 Å². The Hall–Kier alpha value is -1.63. The highest BCUT2D eigenvalue weighted by Crippen LogP contribution is 2.34. The Bertz CT molecular complexity index is 450. The molecule has 1 aromatic rings. The molecule has 0 aliphatic carbocycles. The van der Waals surface area contributed by atoms with Crippen molar-refractivity contribution in [3.63, 3.8) is 0 Å². The van der Waals surface area contributed by atoms with Crippen molar-refractivity contribution >= 4 is 11.6 Å². The number of anilines is 1. The third kappa shape index (κ3) is 2.31. The average molecular weight is 250 g/mol. The Morgan fingerprint density at radius 1 is 1.50 bits per heavy atom. The predicted octanol–water partition coefficient (Wildman–Crippen LogP) is -0.0593. The second-order valence-corrected chi connectivity index (χ2v) is 4.22. The Morgan fingerprint density at radius 3 is 2.94 bits per heavy atom. The molecule has 6 heteroatoms. The molecule has 4 N–H and O–H groups in total. The molecule has 0 fully saturated rings. The van der Waals surface area contributed by atoms with Gasteiger partial charge in [0.25, 0.3) is 5.91 Å². The fraction of sp³-hybridized carbons (Fsp3) is 0.417. The number of nitrogens with one attached hydrogen (secondary N) is 2. The first kappa shape index (κ1) is 12.8. The van der Waals surface area contributed by atoms with Gasteiger partial charge in [-0.05, 0) is 31.7 Å². The molecule has 0 spiro atoms. The highest BCUT2D eigenvalue weighted by molar-refractivity contribution is 5.99. The molecule has 1 atom stereocenters. The number of benzene rings is 1. The van der Waals surface area contributed by atoms with Gasteiger partial charge < -0.3 is 10.1 Å². The monoisotopic (exact) mass is 250 g/mol. The lowest BCUT2D eigenvalue weighted by Gasteiger charge is -2.33. The van der Waals surface area contributed by atoms with Crippen LogP contribution in [-0.4, -0.2) is 25.7 Å². The van der Waals surface area contributed by atoms with Crippen molar-refractivity contribution in [1.29, 1.82) is 0 Å². The number of amides is 1. The third-order valence-corrected chi connectivity index (χ3v) is 2.86. The van der Waals surface area contributed by atoms with Crippen molar-refractivity contribution in [3.8, 4) is 5.75 Å². The molecule has 2 rings (SSSR count). The summed E-state index contributed by atoms with van der Waals surface area (Å²) < 4.78 is 5.57. The molecule has 18 heavy (non-hydrogen) atoms. The van der Waals surface area contributed by atoms with Crippen LogP contribution in [0, 0.1) is 0 Å². The van der Waals surface area contributed by atoms with Gasteiger partial charge in [0, 0.05) is 6.54 Å². The number of hydrogen-bond donors (Lipinski definition) is 3. The van der Waals surface area contributed by atoms with Crippen LogP contribution in [-0.2, 0) is 11.3 Å². The zero-order valence-electron chi connectivity index (χ0n) is 10.6. The molecule has 0 aromatic heterocycles. The number of carbonyl (C=O) groups excluding carboxylic acids is 1. The van der Waals surface area contributed by atoms with Gasteiger partial charge in [0.1, 0.15) is 5.75 Å². The summed E-state index contributed by atoms with van der Waals surface area (Å²) in [5.74, 6) is 5.93. The number of hydrazine groups is 1. The van der Waals surface area contributed by atoms with Crippen LogP contribution in [0.25, 0.3) is 0 Å². The smallest absolute Gasteiger partial charge is 0.269 e. The second-order valence-electron chi connectivity index (χ2n) is 4.22. The largest absolute Gasteiger partial charge is 0.479 e. The van der Waals surface area contributed by atoms with Crippen LogP contribution in [0.3, 0.4) is 0 Å². The van der Waals surface area contributed by atoms with Crippen molar-refractivity contribution in [3.05, 3.63) is 23.8 Å². The predicted molar refractivity (Wildman–Crippen MR) is 69.0 cm³/mol. The van der Waals surface area contributed by atoms with Gasteiger partial charge in [-0.3, -0.25) is 15.5 Å². The molecule has 6 nitrogen and oxygen atoms in total. The zero-order valence-corrected chi connectivity index (χ0v) is 10.6. The van der Waals surface area contributed by atoms with E-state index in [4.69, 9.17) is 10.6 Å². The fourth-order valence-electron chi connectivity index (χ4n) is 2.02. The normalized spacial score (nSPS) is 18.5. The van der Waals surface area contributed by atoms with E-state index in [0.29, 0.717) is 5.75 Å². The first-order valence-corrected chi connectivity index (χ1v) is 5.86. The van der Waals surface area contributed by atoms with Crippen molar-refractivity contribution < 1.29 is 9.53 Å². The van der Waals surface area contributed by atoms with Crippen LogP contribution in [0.4, 0.5) is 5.69 Å². The molecule has 1 aromatic carbocycles. The van der Waals surface area contributed by atoms with Crippen molar-refractivity contribution in [2.45, 2.75) is 19.6 Å². The van der Waals surface area contributed by atoms with Gasteiger partial charge in [0.05, 0.1) is 12.4 Å². The SMILES string of the molecule is CNCc1ccc2c(c1)N(CNN)C(=O)C(C)O2. The van der Waals surface area contributed by atoms with E-state index < -0.39 is 6.10 Å². The maximum atomic E-state index is 12.0. The molecule has 98 valence electrons. The lowest BCUT2D eigenvalue weighted by Crippen LogP contribution is -2.49. The molecule has 0 bridgehead atoms. The van der Waals surface area contributed by atoms with Gasteiger partial charge in [-0.1, -0.05) is 6.07 Å². The summed E-state index contributed by atoms with van der Waals surface area (Å²) in [4.78, 5) is 13.6. The maximum absolute atomic E-state index is 12.0. The minimum atomic E-state index is -0.485. The standard InChI is InChI=1S/C12H18N4O2/c1-8-12(17)16(7-15-13)10-5-9(6-14-2)3-4-11(10)18-8/h3-5,8,14-15H,6-7,13H2,1-2H3. The Labute approximate surface area is 106 Å². The van der Waals surface area contributed by atoms with Crippen LogP contribution in [0.2, 0.25) is 0 Å². The summed E-state index contributed by atoms with van der Waals surface area (Å²) in [6, 6.07) is 5.80. The number of rotatable bonds is 4. The minimum absolute atomic E-state index is 0.0953. The van der Waals surface area contributed by atoms with Gasteiger partial charge in [0.15, 0.2) is 6.10 Å². The van der Waals surface area contributed by atoms with E-state index in [-0.39, 0.29) is 12.6 Å². The number of fused-ring (bicyclic) bond motifs is 1. The van der Waals surface area contributed by atoms with Crippen molar-refractivity contribution in [1.82, 2.24) is 10.7 Å². The Kier molecular flexibility index (Phi) is 3.81. The van der Waals surface area contributed by atoms with E-state index in [1.165, 1.54) is 0 Å². The maximum Gasteiger partial charge on any atom is 0.269 e. The number of ether oxygens (including phenoxy) is 1. The Morgan fingerprint density at radius 2 is 2.28 bits per heavy atom. The number of nitrogens with two attached hydrogens (primary N) is 1. The van der Waals surface area contributed by atoms with Gasteiger partial charge in [-0.2, -0.15) is 0 Å². The van der Waals surface area contributed by atoms with E-state index in [2.05, 4.69) is 10.7 Å². The fourth-order valence-corrected chi connectivity index (χ4v) is 2.02. The summed E-state index contributed by atoms with van der Waals surface area (Å²) in [6.45, 7) is 2.74. The van der Waals surface area contributed by atoms with Crippen molar-refractivity contribution in [2.24, 2.45) is 5.84 Å². The third-order valence-electron chi connectivity index (χ3n) is 2.86. The molecule has 1 aliphatic rings. The molecular formula is C12H18N4O2. The molecular weight excluding hydrogens is 232 g/mol. The summed E-state index contributed by atoms with van der Waals surface area (Å²) in [7, 11) is 1.88. The molecule has 0 saturated carbocycles. The highest BCUT2D eigenvalue weighted by Gasteiger charge is 2.31. The molecule has 0 radical (unpaired) electrons. The van der Waals surface area contributed by atoms with E-state index >= 15 is 0 Å². The average Bonchev–Trinajstić information content (AvgIpc) is 2.36. The summed E-state index contributed by atoms with van der Waals surface area (Å²) >= 11 is 0. The second kappa shape index (κ2) is 5.34. The topological polar surface area (TPSA) is 79.6 Å². The highest BCUT2D eigenvalue weighted by atomic mass is 16.5. The van der Waals surface area contributed by atoms with Gasteiger partial charge in [0.2, 0.25) is 0 Å². The van der Waals surface area contributed by atoms with Gasteiger partial charge >= 0.3 is 0 Å². The molecule has 1 unspecified atom stereocenters. The first-order valence-electron chi connectivity index (χ1n) is 5.86. The van der Waals surface area contributed by atoms with Crippen LogP contribution >= 0.6 is 0 Å². The summed E-state index contributed by atoms with van der Waals surface area (Å²) in [5, 5.41) is 3.07. The van der Waals surface area contributed by atoms with Crippen LogP contribution in [0.15, 0.2) is 18.2 Å². The minimum Gasteiger partial charge on any atom is -0.479 e. The molecule has 1 heterocycles. The van der Waals surface area contributed by atoms with E-state index in [9.17, 15) is 4.79 Å². The molecule has 1 aliphatic heterocycles. The Balaban J connectivity index is 2.38.